The number of aromatic nitrogens is 2. The lowest BCUT2D eigenvalue weighted by Crippen LogP contribution is -2.15. The molecule has 3 aromatic rings. The van der Waals surface area contributed by atoms with Crippen molar-refractivity contribution >= 4 is 15.7 Å². The van der Waals surface area contributed by atoms with Crippen molar-refractivity contribution in [1.82, 2.24) is 9.97 Å². The maximum atomic E-state index is 12.3. The summed E-state index contributed by atoms with van der Waals surface area (Å²) < 4.78 is 27.3. The van der Waals surface area contributed by atoms with E-state index in [-0.39, 0.29) is 5.75 Å². The van der Waals surface area contributed by atoms with Crippen LogP contribution in [-0.4, -0.2) is 18.4 Å². The van der Waals surface area contributed by atoms with Gasteiger partial charge in [0.1, 0.15) is 0 Å². The van der Waals surface area contributed by atoms with Gasteiger partial charge < -0.3 is 4.98 Å². The van der Waals surface area contributed by atoms with E-state index in [2.05, 4.69) is 14.7 Å². The predicted octanol–water partition coefficient (Wildman–Crippen LogP) is 3.33. The van der Waals surface area contributed by atoms with Gasteiger partial charge in [-0.15, -0.1) is 0 Å². The maximum Gasteiger partial charge on any atom is 0.236 e. The van der Waals surface area contributed by atoms with Gasteiger partial charge in [0.25, 0.3) is 0 Å². The van der Waals surface area contributed by atoms with Crippen molar-refractivity contribution in [2.75, 3.05) is 4.72 Å². The lowest BCUT2D eigenvalue weighted by atomic mass is 10.1. The van der Waals surface area contributed by atoms with E-state index in [1.54, 1.807) is 30.7 Å². The van der Waals surface area contributed by atoms with E-state index in [9.17, 15) is 8.42 Å². The van der Waals surface area contributed by atoms with Crippen LogP contribution in [0.4, 0.5) is 5.69 Å². The molecule has 3 rings (SSSR count). The van der Waals surface area contributed by atoms with E-state index in [4.69, 9.17) is 0 Å². The number of benzene rings is 2. The molecule has 0 aliphatic heterocycles. The fraction of sp³-hybridized carbons (Fsp3) is 0.118. The third kappa shape index (κ3) is 3.98. The predicted molar refractivity (Wildman–Crippen MR) is 91.4 cm³/mol. The lowest BCUT2D eigenvalue weighted by molar-refractivity contribution is 0.600. The Kier molecular flexibility index (Phi) is 4.16. The van der Waals surface area contributed by atoms with Gasteiger partial charge in [-0.2, -0.15) is 0 Å². The van der Waals surface area contributed by atoms with Crippen LogP contribution in [0, 0.1) is 6.92 Å². The Hall–Kier alpha value is -2.60. The van der Waals surface area contributed by atoms with Gasteiger partial charge in [-0.1, -0.05) is 42.0 Å². The van der Waals surface area contributed by atoms with Crippen LogP contribution in [0.25, 0.3) is 11.3 Å². The Morgan fingerprint density at radius 1 is 1.13 bits per heavy atom. The fourth-order valence-electron chi connectivity index (χ4n) is 2.40. The SMILES string of the molecule is Cc1cccc(CS(=O)(=O)Nc2cccc(-c3cnc[nH]3)c2)c1. The molecule has 1 aromatic heterocycles. The molecule has 0 spiro atoms. The van der Waals surface area contributed by atoms with Crippen molar-refractivity contribution in [2.24, 2.45) is 0 Å². The molecule has 0 aliphatic carbocycles. The smallest absolute Gasteiger partial charge is 0.236 e. The number of sulfonamides is 1. The molecule has 0 bridgehead atoms. The number of anilines is 1. The second-order valence-electron chi connectivity index (χ2n) is 5.40. The van der Waals surface area contributed by atoms with Gasteiger partial charge in [-0.05, 0) is 24.6 Å². The molecule has 5 nitrogen and oxygen atoms in total. The second-order valence-corrected chi connectivity index (χ2v) is 7.12. The zero-order valence-electron chi connectivity index (χ0n) is 12.7. The average Bonchev–Trinajstić information content (AvgIpc) is 3.00. The summed E-state index contributed by atoms with van der Waals surface area (Å²) in [5.74, 6) is -0.0526. The molecule has 0 atom stereocenters. The summed E-state index contributed by atoms with van der Waals surface area (Å²) in [7, 11) is -3.47. The van der Waals surface area contributed by atoms with E-state index in [0.717, 1.165) is 22.4 Å². The standard InChI is InChI=1S/C17H17N3O2S/c1-13-4-2-5-14(8-13)11-23(21,22)20-16-7-3-6-15(9-16)17-10-18-12-19-17/h2-10,12,20H,11H2,1H3,(H,18,19). The van der Waals surface area contributed by atoms with Gasteiger partial charge in [0.15, 0.2) is 0 Å². The van der Waals surface area contributed by atoms with Crippen LogP contribution >= 0.6 is 0 Å². The minimum atomic E-state index is -3.47. The van der Waals surface area contributed by atoms with Crippen LogP contribution in [0.15, 0.2) is 61.1 Å². The summed E-state index contributed by atoms with van der Waals surface area (Å²) >= 11 is 0. The minimum absolute atomic E-state index is 0.0526. The van der Waals surface area contributed by atoms with Crippen LogP contribution < -0.4 is 4.72 Å². The Morgan fingerprint density at radius 2 is 1.96 bits per heavy atom. The quantitative estimate of drug-likeness (QED) is 0.755. The summed E-state index contributed by atoms with van der Waals surface area (Å²) in [6.45, 7) is 1.94. The highest BCUT2D eigenvalue weighted by Gasteiger charge is 2.12. The number of hydrogen-bond acceptors (Lipinski definition) is 3. The molecule has 2 N–H and O–H groups in total. The van der Waals surface area contributed by atoms with Gasteiger partial charge in [0.05, 0.1) is 24.0 Å². The van der Waals surface area contributed by atoms with Crippen molar-refractivity contribution in [3.05, 3.63) is 72.2 Å². The van der Waals surface area contributed by atoms with E-state index < -0.39 is 10.0 Å². The zero-order valence-corrected chi connectivity index (χ0v) is 13.5. The first-order chi connectivity index (χ1) is 11.0. The summed E-state index contributed by atoms with van der Waals surface area (Å²) in [4.78, 5) is 6.97. The van der Waals surface area contributed by atoms with Gasteiger partial charge in [-0.3, -0.25) is 4.72 Å². The lowest BCUT2D eigenvalue weighted by Gasteiger charge is -2.09. The molecule has 0 fully saturated rings. The molecule has 23 heavy (non-hydrogen) atoms. The highest BCUT2D eigenvalue weighted by atomic mass is 32.2. The van der Waals surface area contributed by atoms with E-state index >= 15 is 0 Å². The number of aryl methyl sites for hydroxylation is 1. The first-order valence-electron chi connectivity index (χ1n) is 7.17. The topological polar surface area (TPSA) is 74.8 Å². The summed E-state index contributed by atoms with van der Waals surface area (Å²) in [5.41, 5.74) is 4.05. The normalized spacial score (nSPS) is 11.3. The molecule has 2 aromatic carbocycles. The Labute approximate surface area is 135 Å². The van der Waals surface area contributed by atoms with Crippen LogP contribution in [0.5, 0.6) is 0 Å². The molecule has 118 valence electrons. The van der Waals surface area contributed by atoms with Crippen molar-refractivity contribution in [1.29, 1.82) is 0 Å². The monoisotopic (exact) mass is 327 g/mol. The molecule has 0 aliphatic rings. The minimum Gasteiger partial charge on any atom is -0.345 e. The van der Waals surface area contributed by atoms with Crippen molar-refractivity contribution in [2.45, 2.75) is 12.7 Å². The molecule has 0 saturated heterocycles. The molecule has 0 amide bonds. The number of imidazole rings is 1. The van der Waals surface area contributed by atoms with Gasteiger partial charge in [-0.25, -0.2) is 13.4 Å². The van der Waals surface area contributed by atoms with Crippen molar-refractivity contribution in [3.63, 3.8) is 0 Å². The number of rotatable bonds is 5. The van der Waals surface area contributed by atoms with Crippen molar-refractivity contribution in [3.8, 4) is 11.3 Å². The number of aromatic amines is 1. The molecule has 1 heterocycles. The maximum absolute atomic E-state index is 12.3. The third-order valence-electron chi connectivity index (χ3n) is 3.38. The van der Waals surface area contributed by atoms with Crippen LogP contribution in [0.2, 0.25) is 0 Å². The molecular weight excluding hydrogens is 310 g/mol. The Bertz CT molecular complexity index is 903. The van der Waals surface area contributed by atoms with Crippen LogP contribution in [0.3, 0.4) is 0 Å². The average molecular weight is 327 g/mol. The summed E-state index contributed by atoms with van der Waals surface area (Å²) in [5, 5.41) is 0. The number of H-pyrrole nitrogens is 1. The number of hydrogen-bond donors (Lipinski definition) is 2. The van der Waals surface area contributed by atoms with Crippen molar-refractivity contribution < 1.29 is 8.42 Å². The van der Waals surface area contributed by atoms with Gasteiger partial charge in [0.2, 0.25) is 10.0 Å². The highest BCUT2D eigenvalue weighted by Crippen LogP contribution is 2.21. The molecule has 6 heteroatoms. The molecule has 0 saturated carbocycles. The first-order valence-corrected chi connectivity index (χ1v) is 8.82. The third-order valence-corrected chi connectivity index (χ3v) is 4.64. The summed E-state index contributed by atoms with van der Waals surface area (Å²) in [6.07, 6.45) is 3.28. The van der Waals surface area contributed by atoms with Crippen LogP contribution in [-0.2, 0) is 15.8 Å². The Balaban J connectivity index is 1.79. The van der Waals surface area contributed by atoms with E-state index in [1.165, 1.54) is 0 Å². The molecule has 0 unspecified atom stereocenters. The van der Waals surface area contributed by atoms with E-state index in [1.807, 2.05) is 37.3 Å². The van der Waals surface area contributed by atoms with E-state index in [0.29, 0.717) is 5.69 Å². The first kappa shape index (κ1) is 15.3. The molecule has 0 radical (unpaired) electrons. The number of nitrogens with one attached hydrogen (secondary N) is 2. The van der Waals surface area contributed by atoms with Gasteiger partial charge in [0, 0.05) is 11.3 Å². The summed E-state index contributed by atoms with van der Waals surface area (Å²) in [6, 6.07) is 14.7. The zero-order chi connectivity index (χ0) is 16.3. The fourth-order valence-corrected chi connectivity index (χ4v) is 3.58. The Morgan fingerprint density at radius 3 is 2.70 bits per heavy atom. The largest absolute Gasteiger partial charge is 0.345 e. The molecular formula is C17H17N3O2S. The van der Waals surface area contributed by atoms with Gasteiger partial charge >= 0.3 is 0 Å². The second kappa shape index (κ2) is 6.26. The highest BCUT2D eigenvalue weighted by molar-refractivity contribution is 7.91. The van der Waals surface area contributed by atoms with Crippen LogP contribution in [0.1, 0.15) is 11.1 Å². The number of nitrogens with zero attached hydrogens (tertiary/aromatic N) is 1.